The topological polar surface area (TPSA) is 70.9 Å². The maximum atomic E-state index is 12.1. The van der Waals surface area contributed by atoms with Gasteiger partial charge in [-0.25, -0.2) is 4.98 Å². The zero-order valence-corrected chi connectivity index (χ0v) is 14.5. The van der Waals surface area contributed by atoms with Crippen LogP contribution in [0, 0.1) is 5.41 Å². The van der Waals surface area contributed by atoms with Gasteiger partial charge in [-0.1, -0.05) is 19.1 Å². The van der Waals surface area contributed by atoms with E-state index < -0.39 is 0 Å². The number of hydrogen-bond donors (Lipinski definition) is 2. The summed E-state index contributed by atoms with van der Waals surface area (Å²) in [6.45, 7) is 8.56. The highest BCUT2D eigenvalue weighted by atomic mass is 16.3. The Balaban J connectivity index is 1.66. The Bertz CT molecular complexity index is 962. The molecule has 3 aromatic rings. The Hall–Kier alpha value is -2.82. The molecular weight excluding hydrogens is 314 g/mol. The highest BCUT2D eigenvalue weighted by molar-refractivity contribution is 5.92. The summed E-state index contributed by atoms with van der Waals surface area (Å²) in [6.07, 6.45) is 5.10. The Labute approximate surface area is 146 Å². The first-order chi connectivity index (χ1) is 12.0. The number of hydrogen-bond acceptors (Lipinski definition) is 3. The fraction of sp³-hybridized carbons (Fsp3) is 0.300. The number of benzene rings is 1. The number of carbonyl (C=O) groups excluding carboxylic acids is 1. The van der Waals surface area contributed by atoms with Gasteiger partial charge in [-0.3, -0.25) is 4.79 Å². The molecule has 0 atom stereocenters. The minimum Gasteiger partial charge on any atom is -0.443 e. The van der Waals surface area contributed by atoms with E-state index in [0.29, 0.717) is 6.54 Å². The van der Waals surface area contributed by atoms with Crippen molar-refractivity contribution in [2.75, 3.05) is 0 Å². The van der Waals surface area contributed by atoms with E-state index in [1.807, 2.05) is 13.8 Å². The van der Waals surface area contributed by atoms with Crippen LogP contribution < -0.4 is 5.32 Å². The number of fused-ring (bicyclic) bond motifs is 1. The third-order valence-corrected chi connectivity index (χ3v) is 4.96. The third kappa shape index (κ3) is 2.86. The number of nitrogens with one attached hydrogen (secondary N) is 2. The molecule has 1 fully saturated rings. The molecule has 5 heteroatoms. The second-order valence-corrected chi connectivity index (χ2v) is 7.17. The van der Waals surface area contributed by atoms with Crippen molar-refractivity contribution >= 4 is 22.4 Å². The number of amides is 1. The zero-order chi connectivity index (χ0) is 17.6. The highest BCUT2D eigenvalue weighted by Crippen LogP contribution is 2.45. The summed E-state index contributed by atoms with van der Waals surface area (Å²) in [6, 6.07) is 6.21. The van der Waals surface area contributed by atoms with Gasteiger partial charge in [0.2, 0.25) is 5.91 Å². The number of aromatic nitrogens is 2. The van der Waals surface area contributed by atoms with Crippen LogP contribution in [-0.4, -0.2) is 15.9 Å². The molecule has 1 aromatic carbocycles. The van der Waals surface area contributed by atoms with Crippen LogP contribution in [-0.2, 0) is 11.3 Å². The smallest absolute Gasteiger partial charge is 0.226 e. The van der Waals surface area contributed by atoms with Gasteiger partial charge >= 0.3 is 0 Å². The maximum absolute atomic E-state index is 12.1. The van der Waals surface area contributed by atoms with E-state index in [0.717, 1.165) is 51.9 Å². The number of carbonyl (C=O) groups is 1. The first-order valence-electron chi connectivity index (χ1n) is 8.45. The summed E-state index contributed by atoms with van der Waals surface area (Å²) in [4.78, 5) is 19.5. The van der Waals surface area contributed by atoms with E-state index in [1.165, 1.54) is 6.39 Å². The molecule has 1 aliphatic carbocycles. The van der Waals surface area contributed by atoms with Crippen LogP contribution in [0.4, 0.5) is 0 Å². The molecule has 0 spiro atoms. The lowest BCUT2D eigenvalue weighted by molar-refractivity contribution is -0.125. The summed E-state index contributed by atoms with van der Waals surface area (Å²) in [5.74, 6) is 0.855. The van der Waals surface area contributed by atoms with E-state index in [2.05, 4.69) is 40.1 Å². The number of aromatic amines is 1. The van der Waals surface area contributed by atoms with Crippen molar-refractivity contribution in [2.45, 2.75) is 33.2 Å². The summed E-state index contributed by atoms with van der Waals surface area (Å²) in [7, 11) is 0. The lowest BCUT2D eigenvalue weighted by Gasteiger charge is -2.08. The Morgan fingerprint density at radius 2 is 2.20 bits per heavy atom. The molecule has 0 aliphatic heterocycles. The molecule has 5 nitrogen and oxygen atoms in total. The summed E-state index contributed by atoms with van der Waals surface area (Å²) >= 11 is 0. The fourth-order valence-corrected chi connectivity index (χ4v) is 3.05. The van der Waals surface area contributed by atoms with E-state index in [-0.39, 0.29) is 11.3 Å². The minimum absolute atomic E-state index is 0.135. The Kier molecular flexibility index (Phi) is 3.53. The van der Waals surface area contributed by atoms with Crippen LogP contribution in [0.25, 0.3) is 27.8 Å². The number of allylic oxidation sites excluding steroid dienone is 1. The van der Waals surface area contributed by atoms with E-state index in [9.17, 15) is 4.79 Å². The van der Waals surface area contributed by atoms with Crippen molar-refractivity contribution in [3.05, 3.63) is 48.6 Å². The average molecular weight is 335 g/mol. The van der Waals surface area contributed by atoms with Crippen molar-refractivity contribution in [3.63, 3.8) is 0 Å². The molecule has 2 N–H and O–H groups in total. The molecule has 4 rings (SSSR count). The normalized spacial score (nSPS) is 15.3. The maximum Gasteiger partial charge on any atom is 0.226 e. The second-order valence-electron chi connectivity index (χ2n) is 7.17. The predicted octanol–water partition coefficient (Wildman–Crippen LogP) is 4.27. The van der Waals surface area contributed by atoms with E-state index >= 15 is 0 Å². The summed E-state index contributed by atoms with van der Waals surface area (Å²) in [5.41, 5.74) is 4.79. The van der Waals surface area contributed by atoms with Gasteiger partial charge in [-0.15, -0.1) is 0 Å². The van der Waals surface area contributed by atoms with Crippen LogP contribution >= 0.6 is 0 Å². The molecule has 2 aromatic heterocycles. The molecule has 1 amide bonds. The van der Waals surface area contributed by atoms with Gasteiger partial charge < -0.3 is 14.7 Å². The first kappa shape index (κ1) is 15.7. The SMILES string of the molecule is C=C(C)c1cc2[nH]c(CNC(=O)C3(C)CC3)cc2cc1-c1cnco1. The number of H-pyrrole nitrogens is 1. The van der Waals surface area contributed by atoms with Gasteiger partial charge in [-0.2, -0.15) is 0 Å². The van der Waals surface area contributed by atoms with Crippen molar-refractivity contribution in [2.24, 2.45) is 5.41 Å². The third-order valence-electron chi connectivity index (χ3n) is 4.96. The largest absolute Gasteiger partial charge is 0.443 e. The first-order valence-corrected chi connectivity index (χ1v) is 8.45. The molecule has 0 saturated heterocycles. The van der Waals surface area contributed by atoms with Gasteiger partial charge in [0.15, 0.2) is 12.2 Å². The Morgan fingerprint density at radius 3 is 2.84 bits per heavy atom. The van der Waals surface area contributed by atoms with Crippen LogP contribution in [0.2, 0.25) is 0 Å². The second kappa shape index (κ2) is 5.62. The molecule has 0 radical (unpaired) electrons. The van der Waals surface area contributed by atoms with E-state index in [1.54, 1.807) is 6.20 Å². The van der Waals surface area contributed by atoms with Crippen LogP contribution in [0.1, 0.15) is 37.9 Å². The van der Waals surface area contributed by atoms with Crippen LogP contribution in [0.15, 0.2) is 41.8 Å². The molecular formula is C20H21N3O2. The van der Waals surface area contributed by atoms with Gasteiger partial charge in [0, 0.05) is 27.6 Å². The number of oxazole rings is 1. The highest BCUT2D eigenvalue weighted by Gasteiger charge is 2.44. The molecule has 128 valence electrons. The zero-order valence-electron chi connectivity index (χ0n) is 14.5. The molecule has 1 aliphatic rings. The minimum atomic E-state index is -0.154. The van der Waals surface area contributed by atoms with Gasteiger partial charge in [-0.05, 0) is 43.5 Å². The van der Waals surface area contributed by atoms with Crippen molar-refractivity contribution in [1.29, 1.82) is 0 Å². The van der Waals surface area contributed by atoms with Crippen molar-refractivity contribution in [1.82, 2.24) is 15.3 Å². The lowest BCUT2D eigenvalue weighted by atomic mass is 9.98. The van der Waals surface area contributed by atoms with Crippen molar-refractivity contribution in [3.8, 4) is 11.3 Å². The van der Waals surface area contributed by atoms with Crippen molar-refractivity contribution < 1.29 is 9.21 Å². The molecule has 0 bridgehead atoms. The molecule has 1 saturated carbocycles. The Morgan fingerprint density at radius 1 is 1.40 bits per heavy atom. The standard InChI is InChI=1S/C20H21N3O2/c1-12(2)15-8-17-13(7-16(15)18-10-21-11-25-18)6-14(23-17)9-22-19(24)20(3)4-5-20/h6-8,10-11,23H,1,4-5,9H2,2-3H3,(H,22,24). The van der Waals surface area contributed by atoms with E-state index in [4.69, 9.17) is 4.42 Å². The molecule has 2 heterocycles. The average Bonchev–Trinajstić information content (AvgIpc) is 3.03. The van der Waals surface area contributed by atoms with Crippen LogP contribution in [0.5, 0.6) is 0 Å². The molecule has 25 heavy (non-hydrogen) atoms. The van der Waals surface area contributed by atoms with Gasteiger partial charge in [0.1, 0.15) is 0 Å². The summed E-state index contributed by atoms with van der Waals surface area (Å²) in [5, 5.41) is 4.09. The summed E-state index contributed by atoms with van der Waals surface area (Å²) < 4.78 is 5.47. The lowest BCUT2D eigenvalue weighted by Crippen LogP contribution is -2.29. The molecule has 0 unspecified atom stereocenters. The van der Waals surface area contributed by atoms with Gasteiger partial charge in [0.05, 0.1) is 12.7 Å². The fourth-order valence-electron chi connectivity index (χ4n) is 3.05. The number of rotatable bonds is 5. The number of nitrogens with zero attached hydrogens (tertiary/aromatic N) is 1. The monoisotopic (exact) mass is 335 g/mol. The predicted molar refractivity (Wildman–Crippen MR) is 97.7 cm³/mol. The van der Waals surface area contributed by atoms with Crippen LogP contribution in [0.3, 0.4) is 0 Å². The van der Waals surface area contributed by atoms with Gasteiger partial charge in [0.25, 0.3) is 0 Å². The quantitative estimate of drug-likeness (QED) is 0.731.